The molecule has 2 heterocycles. The SMILES string of the molecule is CCOC(=O)C(C(=O)c1cc(F)c(Cl)nc1Cl)C(=C=O)Nc1c(C)ccnc1C(C)C. The van der Waals surface area contributed by atoms with Crippen molar-refractivity contribution >= 4 is 46.6 Å². The van der Waals surface area contributed by atoms with Gasteiger partial charge >= 0.3 is 5.97 Å². The number of nitrogens with one attached hydrogen (secondary N) is 1. The number of esters is 1. The lowest BCUT2D eigenvalue weighted by Gasteiger charge is -2.21. The third-order valence-electron chi connectivity index (χ3n) is 4.33. The Labute approximate surface area is 188 Å². The number of pyridine rings is 2. The van der Waals surface area contributed by atoms with Crippen LogP contribution in [-0.4, -0.2) is 34.3 Å². The van der Waals surface area contributed by atoms with Crippen LogP contribution in [0.2, 0.25) is 10.3 Å². The van der Waals surface area contributed by atoms with Crippen molar-refractivity contribution in [3.63, 3.8) is 0 Å². The van der Waals surface area contributed by atoms with Crippen molar-refractivity contribution in [2.75, 3.05) is 11.9 Å². The normalized spacial score (nSPS) is 11.6. The average molecular weight is 468 g/mol. The Kier molecular flexibility index (Phi) is 8.28. The van der Waals surface area contributed by atoms with Gasteiger partial charge < -0.3 is 10.1 Å². The van der Waals surface area contributed by atoms with E-state index in [2.05, 4.69) is 15.3 Å². The molecule has 7 nitrogen and oxygen atoms in total. The fourth-order valence-corrected chi connectivity index (χ4v) is 3.24. The molecule has 0 saturated carbocycles. The monoisotopic (exact) mass is 467 g/mol. The van der Waals surface area contributed by atoms with Gasteiger partial charge in [-0.05, 0) is 37.5 Å². The molecule has 0 fully saturated rings. The molecule has 1 atom stereocenters. The van der Waals surface area contributed by atoms with Crippen LogP contribution >= 0.6 is 23.2 Å². The zero-order valence-corrected chi connectivity index (χ0v) is 18.8. The van der Waals surface area contributed by atoms with E-state index >= 15 is 0 Å². The molecule has 0 aromatic carbocycles. The lowest BCUT2D eigenvalue weighted by atomic mass is 9.94. The Morgan fingerprint density at radius 2 is 1.97 bits per heavy atom. The molecule has 0 radical (unpaired) electrons. The second-order valence-electron chi connectivity index (χ2n) is 6.83. The van der Waals surface area contributed by atoms with Crippen molar-refractivity contribution < 1.29 is 23.5 Å². The van der Waals surface area contributed by atoms with Gasteiger partial charge in [-0.1, -0.05) is 37.0 Å². The van der Waals surface area contributed by atoms with E-state index < -0.39 is 45.1 Å². The van der Waals surface area contributed by atoms with E-state index in [-0.39, 0.29) is 12.5 Å². The number of hydrogen-bond donors (Lipinski definition) is 1. The highest BCUT2D eigenvalue weighted by molar-refractivity contribution is 6.35. The fourth-order valence-electron chi connectivity index (χ4n) is 2.83. The molecule has 1 N–H and O–H groups in total. The van der Waals surface area contributed by atoms with Crippen LogP contribution in [0.5, 0.6) is 0 Å². The number of aromatic nitrogens is 2. The number of carbonyl (C=O) groups is 2. The van der Waals surface area contributed by atoms with Crippen molar-refractivity contribution in [1.82, 2.24) is 9.97 Å². The van der Waals surface area contributed by atoms with Crippen LogP contribution < -0.4 is 5.32 Å². The minimum atomic E-state index is -1.78. The minimum Gasteiger partial charge on any atom is -0.465 e. The van der Waals surface area contributed by atoms with Gasteiger partial charge in [0, 0.05) is 6.20 Å². The van der Waals surface area contributed by atoms with E-state index in [4.69, 9.17) is 27.9 Å². The third kappa shape index (κ3) is 5.47. The molecule has 0 spiro atoms. The van der Waals surface area contributed by atoms with E-state index in [9.17, 15) is 18.8 Å². The first-order valence-electron chi connectivity index (χ1n) is 9.32. The lowest BCUT2D eigenvalue weighted by molar-refractivity contribution is -0.144. The molecule has 0 bridgehead atoms. The molecule has 2 aromatic rings. The number of ketones is 1. The summed E-state index contributed by atoms with van der Waals surface area (Å²) in [7, 11) is 0. The van der Waals surface area contributed by atoms with Crippen LogP contribution in [0, 0.1) is 18.7 Å². The number of hydrogen-bond acceptors (Lipinski definition) is 7. The molecular weight excluding hydrogens is 448 g/mol. The van der Waals surface area contributed by atoms with Crippen LogP contribution in [0.3, 0.4) is 0 Å². The molecular formula is C21H20Cl2FN3O4. The molecule has 0 aliphatic rings. The summed E-state index contributed by atoms with van der Waals surface area (Å²) in [5.74, 6) is -3.24. The summed E-state index contributed by atoms with van der Waals surface area (Å²) >= 11 is 11.5. The summed E-state index contributed by atoms with van der Waals surface area (Å²) in [6.45, 7) is 7.05. The van der Waals surface area contributed by atoms with Gasteiger partial charge in [-0.2, -0.15) is 0 Å². The van der Waals surface area contributed by atoms with Crippen molar-refractivity contribution in [2.45, 2.75) is 33.6 Å². The van der Waals surface area contributed by atoms with Crippen LogP contribution in [0.1, 0.15) is 48.3 Å². The molecule has 2 aromatic heterocycles. The molecule has 2 rings (SSSR count). The molecule has 0 aliphatic carbocycles. The van der Waals surface area contributed by atoms with Crippen LogP contribution in [-0.2, 0) is 14.3 Å². The van der Waals surface area contributed by atoms with Gasteiger partial charge in [0.25, 0.3) is 0 Å². The smallest absolute Gasteiger partial charge is 0.323 e. The highest BCUT2D eigenvalue weighted by Gasteiger charge is 2.36. The maximum atomic E-state index is 13.9. The quantitative estimate of drug-likeness (QED) is 0.200. The predicted molar refractivity (Wildman–Crippen MR) is 115 cm³/mol. The van der Waals surface area contributed by atoms with E-state index in [1.54, 1.807) is 25.1 Å². The molecule has 164 valence electrons. The van der Waals surface area contributed by atoms with Crippen LogP contribution in [0.25, 0.3) is 0 Å². The first-order chi connectivity index (χ1) is 14.6. The van der Waals surface area contributed by atoms with Gasteiger partial charge in [0.15, 0.2) is 22.7 Å². The summed E-state index contributed by atoms with van der Waals surface area (Å²) < 4.78 is 18.9. The minimum absolute atomic E-state index is 0.0314. The molecule has 1 unspecified atom stereocenters. The van der Waals surface area contributed by atoms with Crippen LogP contribution in [0.15, 0.2) is 24.0 Å². The number of halogens is 3. The number of nitrogens with zero attached hydrogens (tertiary/aromatic N) is 2. The number of ether oxygens (including phenoxy) is 1. The topological polar surface area (TPSA) is 98.3 Å². The van der Waals surface area contributed by atoms with Gasteiger partial charge in [-0.3, -0.25) is 14.6 Å². The summed E-state index contributed by atoms with van der Waals surface area (Å²) in [5.41, 5.74) is 0.930. The fraction of sp³-hybridized carbons (Fsp3) is 0.333. The average Bonchev–Trinajstić information content (AvgIpc) is 2.71. The molecule has 0 amide bonds. The Balaban J connectivity index is 2.58. The Morgan fingerprint density at radius 3 is 2.55 bits per heavy atom. The van der Waals surface area contributed by atoms with Gasteiger partial charge in [0.05, 0.1) is 23.6 Å². The van der Waals surface area contributed by atoms with Gasteiger partial charge in [0.2, 0.25) is 0 Å². The highest BCUT2D eigenvalue weighted by atomic mass is 35.5. The van der Waals surface area contributed by atoms with E-state index in [0.717, 1.165) is 11.6 Å². The largest absolute Gasteiger partial charge is 0.465 e. The second-order valence-corrected chi connectivity index (χ2v) is 7.55. The lowest BCUT2D eigenvalue weighted by Crippen LogP contribution is -2.32. The Bertz CT molecular complexity index is 1070. The highest BCUT2D eigenvalue weighted by Crippen LogP contribution is 2.30. The van der Waals surface area contributed by atoms with E-state index in [0.29, 0.717) is 11.4 Å². The maximum absolute atomic E-state index is 13.9. The van der Waals surface area contributed by atoms with Gasteiger partial charge in [-0.25, -0.2) is 14.2 Å². The Hall–Kier alpha value is -2.80. The van der Waals surface area contributed by atoms with Crippen molar-refractivity contribution in [2.24, 2.45) is 5.92 Å². The Morgan fingerprint density at radius 1 is 1.29 bits per heavy atom. The van der Waals surface area contributed by atoms with Crippen molar-refractivity contribution in [3.05, 3.63) is 57.0 Å². The first kappa shape index (κ1) is 24.5. The van der Waals surface area contributed by atoms with E-state index in [1.165, 1.54) is 6.92 Å². The van der Waals surface area contributed by atoms with Gasteiger partial charge in [0.1, 0.15) is 16.8 Å². The first-order valence-corrected chi connectivity index (χ1v) is 10.1. The van der Waals surface area contributed by atoms with Gasteiger partial charge in [-0.15, -0.1) is 0 Å². The second kappa shape index (κ2) is 10.5. The summed E-state index contributed by atoms with van der Waals surface area (Å²) in [6, 6.07) is 2.46. The van der Waals surface area contributed by atoms with Crippen LogP contribution in [0.4, 0.5) is 10.1 Å². The van der Waals surface area contributed by atoms with Crippen molar-refractivity contribution in [3.8, 4) is 0 Å². The van der Waals surface area contributed by atoms with E-state index in [1.807, 2.05) is 13.8 Å². The maximum Gasteiger partial charge on any atom is 0.323 e. The number of carbonyl (C=O) groups excluding carboxylic acids is 3. The number of rotatable bonds is 8. The molecule has 10 heteroatoms. The summed E-state index contributed by atoms with van der Waals surface area (Å²) in [5, 5.41) is 1.85. The zero-order chi connectivity index (χ0) is 23.3. The molecule has 0 saturated heterocycles. The summed E-state index contributed by atoms with van der Waals surface area (Å²) in [6.07, 6.45) is 1.61. The predicted octanol–water partition coefficient (Wildman–Crippen LogP) is 4.54. The molecule has 31 heavy (non-hydrogen) atoms. The number of Topliss-reactive ketones (excluding diaryl/α,β-unsaturated/α-hetero) is 1. The molecule has 0 aliphatic heterocycles. The third-order valence-corrected chi connectivity index (χ3v) is 4.88. The number of aryl methyl sites for hydroxylation is 1. The summed E-state index contributed by atoms with van der Waals surface area (Å²) in [4.78, 5) is 45.5. The zero-order valence-electron chi connectivity index (χ0n) is 17.3. The number of anilines is 1. The van der Waals surface area contributed by atoms with Crippen molar-refractivity contribution in [1.29, 1.82) is 0 Å². The standard InChI is InChI=1S/C21H20Cl2FN3O4/c1-5-31-21(30)15(18(29)12-8-13(24)20(23)27-19(12)22)14(9-28)26-17-11(4)6-7-25-16(17)10(2)3/h6-8,10,15,26H,5H2,1-4H3.